The number of benzene rings is 5. The summed E-state index contributed by atoms with van der Waals surface area (Å²) in [5, 5.41) is 2.24. The zero-order chi connectivity index (χ0) is 32.3. The molecule has 0 radical (unpaired) electrons. The largest absolute Gasteiger partial charge is 0.489 e. The minimum atomic E-state index is -0.0475. The minimum absolute atomic E-state index is 0.0475. The van der Waals surface area contributed by atoms with E-state index in [-0.39, 0.29) is 30.0 Å². The molecule has 6 aromatic rings. The van der Waals surface area contributed by atoms with Crippen LogP contribution in [0.4, 0.5) is 0 Å². The molecule has 1 aromatic heterocycles. The van der Waals surface area contributed by atoms with Crippen molar-refractivity contribution in [3.05, 3.63) is 150 Å². The highest BCUT2D eigenvalue weighted by Crippen LogP contribution is 2.52. The fraction of sp³-hybridized carbons (Fsp3) is 0.205. The number of hydrogen-bond donors (Lipinski definition) is 0. The molecule has 1 fully saturated rings. The van der Waals surface area contributed by atoms with Crippen molar-refractivity contribution in [3.8, 4) is 45.4 Å². The molecule has 3 heterocycles. The molecule has 238 valence electrons. The Morgan fingerprint density at radius 1 is 0.592 bits per heavy atom. The molecule has 0 spiro atoms. The summed E-state index contributed by atoms with van der Waals surface area (Å²) in [7, 11) is 0. The normalized spacial score (nSPS) is 23.1. The highest BCUT2D eigenvalue weighted by Gasteiger charge is 2.43. The molecule has 2 aliphatic heterocycles. The third-order valence-corrected chi connectivity index (χ3v) is 10.8. The summed E-state index contributed by atoms with van der Waals surface area (Å²) in [4.78, 5) is 16.2. The first kappa shape index (κ1) is 28.5. The van der Waals surface area contributed by atoms with Crippen molar-refractivity contribution in [2.24, 2.45) is 0 Å². The Morgan fingerprint density at radius 2 is 1.37 bits per heavy atom. The van der Waals surface area contributed by atoms with Gasteiger partial charge in [0.25, 0.3) is 0 Å². The van der Waals surface area contributed by atoms with E-state index in [9.17, 15) is 0 Å². The van der Waals surface area contributed by atoms with E-state index in [0.717, 1.165) is 76.0 Å². The Morgan fingerprint density at radius 3 is 2.33 bits per heavy atom. The van der Waals surface area contributed by atoms with Gasteiger partial charge in [0.2, 0.25) is 0 Å². The third-order valence-electron chi connectivity index (χ3n) is 10.8. The number of fused-ring (bicyclic) bond motifs is 7. The maximum Gasteiger partial charge on any atom is 0.168 e. The van der Waals surface area contributed by atoms with Gasteiger partial charge in [-0.05, 0) is 65.4 Å². The van der Waals surface area contributed by atoms with Gasteiger partial charge in [-0.2, -0.15) is 0 Å². The van der Waals surface area contributed by atoms with Crippen molar-refractivity contribution in [2.45, 2.75) is 55.6 Å². The van der Waals surface area contributed by atoms with Crippen LogP contribution in [0.1, 0.15) is 60.4 Å². The zero-order valence-corrected chi connectivity index (χ0v) is 27.1. The number of para-hydroxylation sites is 1. The average molecular weight is 638 g/mol. The lowest BCUT2D eigenvalue weighted by Gasteiger charge is -2.25. The smallest absolute Gasteiger partial charge is 0.168 e. The molecule has 5 heteroatoms. The Kier molecular flexibility index (Phi) is 6.71. The van der Waals surface area contributed by atoms with Gasteiger partial charge in [0, 0.05) is 34.4 Å². The lowest BCUT2D eigenvalue weighted by Crippen LogP contribution is -2.24. The average Bonchev–Trinajstić information content (AvgIpc) is 3.64. The van der Waals surface area contributed by atoms with Gasteiger partial charge in [0.1, 0.15) is 29.5 Å². The quantitative estimate of drug-likeness (QED) is 0.193. The Labute approximate surface area is 286 Å². The molecule has 5 nitrogen and oxygen atoms in total. The molecule has 4 aliphatic rings. The topological polar surface area (TPSA) is 57.1 Å². The molecule has 5 unspecified atom stereocenters. The summed E-state index contributed by atoms with van der Waals surface area (Å²) >= 11 is 0. The minimum Gasteiger partial charge on any atom is -0.489 e. The van der Waals surface area contributed by atoms with E-state index < -0.39 is 0 Å². The molecular weight excluding hydrogens is 603 g/mol. The monoisotopic (exact) mass is 637 g/mol. The van der Waals surface area contributed by atoms with Gasteiger partial charge in [-0.25, -0.2) is 15.0 Å². The highest BCUT2D eigenvalue weighted by atomic mass is 16.5. The van der Waals surface area contributed by atoms with Gasteiger partial charge in [-0.3, -0.25) is 0 Å². The van der Waals surface area contributed by atoms with Crippen LogP contribution in [0.5, 0.6) is 11.5 Å². The predicted octanol–water partition coefficient (Wildman–Crippen LogP) is 10.2. The van der Waals surface area contributed by atoms with Crippen LogP contribution in [-0.2, 0) is 0 Å². The zero-order valence-electron chi connectivity index (χ0n) is 27.1. The summed E-state index contributed by atoms with van der Waals surface area (Å²) < 4.78 is 13.4. The van der Waals surface area contributed by atoms with Gasteiger partial charge < -0.3 is 9.47 Å². The van der Waals surface area contributed by atoms with Crippen LogP contribution in [0.3, 0.4) is 0 Å². The lowest BCUT2D eigenvalue weighted by molar-refractivity contribution is 0.188. The van der Waals surface area contributed by atoms with Crippen molar-refractivity contribution in [3.63, 3.8) is 0 Å². The molecule has 10 rings (SSSR count). The number of aromatic nitrogens is 3. The summed E-state index contributed by atoms with van der Waals surface area (Å²) in [6, 6.07) is 38.5. The molecule has 0 amide bonds. The molecule has 5 aromatic carbocycles. The maximum absolute atomic E-state index is 6.79. The van der Waals surface area contributed by atoms with E-state index in [1.807, 2.05) is 0 Å². The van der Waals surface area contributed by atoms with Gasteiger partial charge in [-0.1, -0.05) is 116 Å². The van der Waals surface area contributed by atoms with Gasteiger partial charge >= 0.3 is 0 Å². The molecule has 0 saturated heterocycles. The van der Waals surface area contributed by atoms with Crippen LogP contribution in [0.25, 0.3) is 44.7 Å². The first-order valence-corrected chi connectivity index (χ1v) is 17.5. The van der Waals surface area contributed by atoms with E-state index in [0.29, 0.717) is 11.6 Å². The van der Waals surface area contributed by atoms with Gasteiger partial charge in [0.15, 0.2) is 11.6 Å². The van der Waals surface area contributed by atoms with E-state index in [4.69, 9.17) is 24.4 Å². The number of hydrogen-bond acceptors (Lipinski definition) is 5. The maximum atomic E-state index is 6.79. The van der Waals surface area contributed by atoms with Crippen LogP contribution in [0.2, 0.25) is 0 Å². The van der Waals surface area contributed by atoms with Crippen LogP contribution in [0, 0.1) is 0 Å². The Bertz CT molecular complexity index is 2290. The first-order valence-electron chi connectivity index (χ1n) is 17.5. The second-order valence-corrected chi connectivity index (χ2v) is 13.7. The SMILES string of the molecule is C1=CC2Oc3c(cc4ccccc4c3-c3nc(-c4cccc(-c5ccccc5)c4)nc(C4CCCCC5Oc6ccccc6C54)n3)C2C=C1. The highest BCUT2D eigenvalue weighted by molar-refractivity contribution is 6.00. The predicted molar refractivity (Wildman–Crippen MR) is 194 cm³/mol. The molecular formula is C44H35N3O2. The van der Waals surface area contributed by atoms with E-state index in [2.05, 4.69) is 133 Å². The van der Waals surface area contributed by atoms with Crippen LogP contribution < -0.4 is 9.47 Å². The Hall–Kier alpha value is -5.55. The third kappa shape index (κ3) is 4.79. The first-order chi connectivity index (χ1) is 24.3. The van der Waals surface area contributed by atoms with Crippen molar-refractivity contribution in [2.75, 3.05) is 0 Å². The second kappa shape index (κ2) is 11.6. The fourth-order valence-electron chi connectivity index (χ4n) is 8.52. The van der Waals surface area contributed by atoms with E-state index in [1.165, 1.54) is 11.1 Å². The van der Waals surface area contributed by atoms with Gasteiger partial charge in [-0.15, -0.1) is 0 Å². The number of allylic oxidation sites excluding steroid dienone is 2. The van der Waals surface area contributed by atoms with Crippen molar-refractivity contribution in [1.29, 1.82) is 0 Å². The number of rotatable bonds is 4. The van der Waals surface area contributed by atoms with Crippen molar-refractivity contribution < 1.29 is 9.47 Å². The van der Waals surface area contributed by atoms with Crippen molar-refractivity contribution >= 4 is 10.8 Å². The van der Waals surface area contributed by atoms with E-state index >= 15 is 0 Å². The standard InChI is InChI=1S/C44H35N3O2/c1-2-13-27(14-3-1)28-16-12-17-30(25-28)42-45-43(34-21-8-11-24-38-39(34)33-20-7-10-23-37(33)48-38)47-44(46-42)40-31-18-5-4-15-29(31)26-35-32-19-6-9-22-36(32)49-41(35)40/h1-7,9-10,12-20,22-23,25-26,32,34,36,38-39H,8,11,21,24H2. The van der Waals surface area contributed by atoms with E-state index in [1.54, 1.807) is 0 Å². The number of nitrogens with zero attached hydrogens (tertiary/aromatic N) is 3. The van der Waals surface area contributed by atoms with Crippen LogP contribution >= 0.6 is 0 Å². The molecule has 1 saturated carbocycles. The molecule has 0 N–H and O–H groups in total. The lowest BCUT2D eigenvalue weighted by atomic mass is 9.81. The summed E-state index contributed by atoms with van der Waals surface area (Å²) in [6.45, 7) is 0. The number of ether oxygens (including phenoxy) is 2. The van der Waals surface area contributed by atoms with Gasteiger partial charge in [0.05, 0.1) is 5.56 Å². The fourth-order valence-corrected chi connectivity index (χ4v) is 8.52. The Balaban J connectivity index is 1.21. The molecule has 0 bridgehead atoms. The molecule has 49 heavy (non-hydrogen) atoms. The van der Waals surface area contributed by atoms with Crippen LogP contribution in [-0.4, -0.2) is 27.2 Å². The second-order valence-electron chi connectivity index (χ2n) is 13.7. The summed E-state index contributed by atoms with van der Waals surface area (Å²) in [6.07, 6.45) is 12.9. The molecule has 5 atom stereocenters. The summed E-state index contributed by atoms with van der Waals surface area (Å²) in [5.74, 6) is 4.48. The summed E-state index contributed by atoms with van der Waals surface area (Å²) in [5.41, 5.74) is 6.66. The molecule has 2 aliphatic carbocycles. The van der Waals surface area contributed by atoms with Crippen molar-refractivity contribution in [1.82, 2.24) is 15.0 Å². The van der Waals surface area contributed by atoms with Crippen LogP contribution in [0.15, 0.2) is 133 Å².